The zero-order chi connectivity index (χ0) is 10.8. The van der Waals surface area contributed by atoms with Gasteiger partial charge < -0.3 is 4.74 Å². The number of ether oxygens (including phenoxy) is 1. The summed E-state index contributed by atoms with van der Waals surface area (Å²) < 4.78 is 5.36. The number of thiazole rings is 1. The van der Waals surface area contributed by atoms with Gasteiger partial charge >= 0.3 is 0 Å². The zero-order valence-corrected chi connectivity index (χ0v) is 10.0. The molecule has 0 atom stereocenters. The number of benzene rings is 1. The molecule has 1 aromatic heterocycles. The Labute approximate surface area is 97.5 Å². The van der Waals surface area contributed by atoms with Crippen molar-refractivity contribution in [2.24, 2.45) is 0 Å². The highest BCUT2D eigenvalue weighted by Crippen LogP contribution is 2.36. The summed E-state index contributed by atoms with van der Waals surface area (Å²) in [6.07, 6.45) is 1.77. The molecule has 0 saturated heterocycles. The summed E-state index contributed by atoms with van der Waals surface area (Å²) in [5.41, 5.74) is 1.98. The molecule has 15 heavy (non-hydrogen) atoms. The van der Waals surface area contributed by atoms with Crippen LogP contribution in [0.3, 0.4) is 0 Å². The first-order valence-corrected chi connectivity index (χ1v) is 5.72. The van der Waals surface area contributed by atoms with Crippen LogP contribution in [0.4, 0.5) is 0 Å². The van der Waals surface area contributed by atoms with Gasteiger partial charge in [0.05, 0.1) is 12.7 Å². The van der Waals surface area contributed by atoms with Gasteiger partial charge in [0.1, 0.15) is 10.8 Å². The maximum absolute atomic E-state index is 6.02. The number of aromatic nitrogens is 1. The van der Waals surface area contributed by atoms with Gasteiger partial charge in [-0.25, -0.2) is 4.98 Å². The van der Waals surface area contributed by atoms with Crippen molar-refractivity contribution in [2.45, 2.75) is 6.92 Å². The van der Waals surface area contributed by atoms with Gasteiger partial charge in [0.2, 0.25) is 0 Å². The number of methoxy groups -OCH3 is 1. The van der Waals surface area contributed by atoms with Crippen molar-refractivity contribution < 1.29 is 4.74 Å². The molecule has 0 spiro atoms. The van der Waals surface area contributed by atoms with Crippen LogP contribution in [0, 0.1) is 6.92 Å². The molecule has 0 aliphatic carbocycles. The van der Waals surface area contributed by atoms with Crippen LogP contribution in [0.15, 0.2) is 23.7 Å². The second-order valence-corrected chi connectivity index (χ2v) is 4.47. The van der Waals surface area contributed by atoms with Crippen molar-refractivity contribution in [3.63, 3.8) is 0 Å². The molecular formula is C11H10ClNOS. The van der Waals surface area contributed by atoms with E-state index in [1.807, 2.05) is 24.4 Å². The van der Waals surface area contributed by atoms with Gasteiger partial charge in [-0.2, -0.15) is 0 Å². The minimum atomic E-state index is 0.707. The summed E-state index contributed by atoms with van der Waals surface area (Å²) >= 11 is 7.59. The SMILES string of the molecule is COc1c(C)cc(Cl)cc1-c1nccs1. The van der Waals surface area contributed by atoms with Gasteiger partial charge in [0, 0.05) is 16.6 Å². The maximum atomic E-state index is 6.02. The lowest BCUT2D eigenvalue weighted by Crippen LogP contribution is -1.91. The van der Waals surface area contributed by atoms with Gasteiger partial charge in [-0.05, 0) is 24.6 Å². The minimum absolute atomic E-state index is 0.707. The van der Waals surface area contributed by atoms with E-state index in [0.29, 0.717) is 5.02 Å². The molecule has 1 heterocycles. The quantitative estimate of drug-likeness (QED) is 0.796. The summed E-state index contributed by atoms with van der Waals surface area (Å²) in [7, 11) is 1.66. The van der Waals surface area contributed by atoms with E-state index in [0.717, 1.165) is 21.9 Å². The molecular weight excluding hydrogens is 230 g/mol. The molecule has 0 N–H and O–H groups in total. The highest BCUT2D eigenvalue weighted by molar-refractivity contribution is 7.13. The van der Waals surface area contributed by atoms with Gasteiger partial charge in [-0.15, -0.1) is 11.3 Å². The summed E-state index contributed by atoms with van der Waals surface area (Å²) in [5, 5.41) is 3.57. The number of hydrogen-bond donors (Lipinski definition) is 0. The van der Waals surface area contributed by atoms with Crippen LogP contribution in [0.25, 0.3) is 10.6 Å². The van der Waals surface area contributed by atoms with Crippen LogP contribution < -0.4 is 4.74 Å². The van der Waals surface area contributed by atoms with Crippen molar-refractivity contribution in [2.75, 3.05) is 7.11 Å². The van der Waals surface area contributed by atoms with E-state index in [9.17, 15) is 0 Å². The molecule has 2 nitrogen and oxygen atoms in total. The van der Waals surface area contributed by atoms with Crippen LogP contribution in [-0.2, 0) is 0 Å². The fraction of sp³-hybridized carbons (Fsp3) is 0.182. The van der Waals surface area contributed by atoms with Gasteiger partial charge in [-0.1, -0.05) is 11.6 Å². The highest BCUT2D eigenvalue weighted by atomic mass is 35.5. The number of rotatable bonds is 2. The molecule has 2 aromatic rings. The van der Waals surface area contributed by atoms with Crippen LogP contribution in [0.1, 0.15) is 5.56 Å². The largest absolute Gasteiger partial charge is 0.496 e. The standard InChI is InChI=1S/C11H10ClNOS/c1-7-5-8(12)6-9(10(7)14-2)11-13-3-4-15-11/h3-6H,1-2H3. The van der Waals surface area contributed by atoms with Crippen LogP contribution in [-0.4, -0.2) is 12.1 Å². The van der Waals surface area contributed by atoms with E-state index in [2.05, 4.69) is 4.98 Å². The van der Waals surface area contributed by atoms with Gasteiger partial charge in [0.25, 0.3) is 0 Å². The summed E-state index contributed by atoms with van der Waals surface area (Å²) in [6.45, 7) is 1.97. The molecule has 0 saturated carbocycles. The lowest BCUT2D eigenvalue weighted by atomic mass is 10.1. The van der Waals surface area contributed by atoms with E-state index < -0.39 is 0 Å². The summed E-state index contributed by atoms with van der Waals surface area (Å²) in [4.78, 5) is 4.26. The van der Waals surface area contributed by atoms with Crippen molar-refractivity contribution >= 4 is 22.9 Å². The normalized spacial score (nSPS) is 10.3. The molecule has 0 radical (unpaired) electrons. The van der Waals surface area contributed by atoms with E-state index in [1.165, 1.54) is 0 Å². The Hall–Kier alpha value is -1.06. The first kappa shape index (κ1) is 10.5. The van der Waals surface area contributed by atoms with Crippen molar-refractivity contribution in [3.05, 3.63) is 34.3 Å². The molecule has 0 amide bonds. The molecule has 2 rings (SSSR count). The fourth-order valence-corrected chi connectivity index (χ4v) is 2.44. The van der Waals surface area contributed by atoms with E-state index in [4.69, 9.17) is 16.3 Å². The molecule has 0 bridgehead atoms. The van der Waals surface area contributed by atoms with Crippen molar-refractivity contribution in [3.8, 4) is 16.3 Å². The van der Waals surface area contributed by atoms with E-state index in [-0.39, 0.29) is 0 Å². The molecule has 1 aromatic carbocycles. The van der Waals surface area contributed by atoms with E-state index >= 15 is 0 Å². The predicted molar refractivity (Wildman–Crippen MR) is 63.8 cm³/mol. The zero-order valence-electron chi connectivity index (χ0n) is 8.45. The number of halogens is 1. The average Bonchev–Trinajstić information content (AvgIpc) is 2.69. The second-order valence-electron chi connectivity index (χ2n) is 3.14. The third-order valence-corrected chi connectivity index (χ3v) is 3.13. The molecule has 78 valence electrons. The number of aryl methyl sites for hydroxylation is 1. The molecule has 4 heteroatoms. The highest BCUT2D eigenvalue weighted by Gasteiger charge is 2.11. The Morgan fingerprint density at radius 3 is 2.80 bits per heavy atom. The Morgan fingerprint density at radius 2 is 2.20 bits per heavy atom. The second kappa shape index (κ2) is 4.21. The minimum Gasteiger partial charge on any atom is -0.496 e. The fourth-order valence-electron chi connectivity index (χ4n) is 1.52. The predicted octanol–water partition coefficient (Wildman–Crippen LogP) is 3.78. The Kier molecular flexibility index (Phi) is 2.93. The molecule has 0 aliphatic heterocycles. The van der Waals surface area contributed by atoms with Crippen molar-refractivity contribution in [1.29, 1.82) is 0 Å². The topological polar surface area (TPSA) is 22.1 Å². The lowest BCUT2D eigenvalue weighted by molar-refractivity contribution is 0.413. The Bertz CT molecular complexity index is 468. The van der Waals surface area contributed by atoms with Gasteiger partial charge in [0.15, 0.2) is 0 Å². The molecule has 0 fully saturated rings. The first-order valence-electron chi connectivity index (χ1n) is 4.46. The number of hydrogen-bond acceptors (Lipinski definition) is 3. The van der Waals surface area contributed by atoms with E-state index in [1.54, 1.807) is 24.6 Å². The Morgan fingerprint density at radius 1 is 1.40 bits per heavy atom. The summed E-state index contributed by atoms with van der Waals surface area (Å²) in [6, 6.07) is 3.77. The molecule has 0 unspecified atom stereocenters. The third kappa shape index (κ3) is 1.98. The summed E-state index contributed by atoms with van der Waals surface area (Å²) in [5.74, 6) is 0.842. The van der Waals surface area contributed by atoms with Crippen LogP contribution >= 0.6 is 22.9 Å². The Balaban J connectivity index is 2.64. The lowest BCUT2D eigenvalue weighted by Gasteiger charge is -2.09. The molecule has 0 aliphatic rings. The average molecular weight is 240 g/mol. The first-order chi connectivity index (χ1) is 7.22. The van der Waals surface area contributed by atoms with Gasteiger partial charge in [-0.3, -0.25) is 0 Å². The third-order valence-electron chi connectivity index (χ3n) is 2.11. The van der Waals surface area contributed by atoms with Crippen LogP contribution in [0.2, 0.25) is 5.02 Å². The maximum Gasteiger partial charge on any atom is 0.132 e. The van der Waals surface area contributed by atoms with Crippen LogP contribution in [0.5, 0.6) is 5.75 Å². The smallest absolute Gasteiger partial charge is 0.132 e. The monoisotopic (exact) mass is 239 g/mol. The van der Waals surface area contributed by atoms with Crippen molar-refractivity contribution in [1.82, 2.24) is 4.98 Å². The number of nitrogens with zero attached hydrogens (tertiary/aromatic N) is 1.